The molecule has 1 N–H and O–H groups in total. The van der Waals surface area contributed by atoms with Gasteiger partial charge in [0.15, 0.2) is 4.47 Å². The Bertz CT molecular complexity index is 341. The number of hydrogen-bond donors (Lipinski definition) is 1. The summed E-state index contributed by atoms with van der Waals surface area (Å²) in [6.07, 6.45) is 0. The van der Waals surface area contributed by atoms with Crippen LogP contribution in [0.2, 0.25) is 4.47 Å². The van der Waals surface area contributed by atoms with Crippen molar-refractivity contribution in [2.75, 3.05) is 6.54 Å². The number of halogens is 4. The summed E-state index contributed by atoms with van der Waals surface area (Å²) in [7, 11) is 0. The van der Waals surface area contributed by atoms with E-state index in [9.17, 15) is 13.6 Å². The first-order valence-electron chi connectivity index (χ1n) is 3.34. The second kappa shape index (κ2) is 4.50. The van der Waals surface area contributed by atoms with Gasteiger partial charge in [0.1, 0.15) is 5.69 Å². The van der Waals surface area contributed by atoms with Crippen molar-refractivity contribution in [2.45, 2.75) is 4.83 Å². The second-order valence-electron chi connectivity index (χ2n) is 2.28. The molecule has 0 aliphatic carbocycles. The van der Waals surface area contributed by atoms with E-state index in [-0.39, 0.29) is 10.2 Å². The molecule has 1 aromatic rings. The Hall–Kier alpha value is -0.270. The number of thiazole rings is 1. The predicted octanol–water partition coefficient (Wildman–Crippen LogP) is 2.51. The highest BCUT2D eigenvalue weighted by Gasteiger charge is 2.25. The van der Waals surface area contributed by atoms with E-state index in [4.69, 9.17) is 11.6 Å². The summed E-state index contributed by atoms with van der Waals surface area (Å²) in [6, 6.07) is 0. The Morgan fingerprint density at radius 3 is 2.86 bits per heavy atom. The van der Waals surface area contributed by atoms with E-state index in [0.29, 0.717) is 0 Å². The van der Waals surface area contributed by atoms with Crippen LogP contribution in [0.15, 0.2) is 5.38 Å². The molecule has 8 heteroatoms. The van der Waals surface area contributed by atoms with Gasteiger partial charge in [0.25, 0.3) is 5.91 Å². The maximum absolute atomic E-state index is 12.3. The van der Waals surface area contributed by atoms with Gasteiger partial charge in [0.05, 0.1) is 6.54 Å². The lowest BCUT2D eigenvalue weighted by atomic mass is 10.4. The fourth-order valence-corrected chi connectivity index (χ4v) is 1.51. The molecule has 14 heavy (non-hydrogen) atoms. The molecule has 0 unspecified atom stereocenters. The smallest absolute Gasteiger partial charge is 0.318 e. The van der Waals surface area contributed by atoms with Crippen LogP contribution in [0.5, 0.6) is 0 Å². The first kappa shape index (κ1) is 11.8. The minimum atomic E-state index is -3.11. The van der Waals surface area contributed by atoms with Crippen LogP contribution in [0.4, 0.5) is 8.78 Å². The van der Waals surface area contributed by atoms with Crippen LogP contribution in [0.3, 0.4) is 0 Å². The number of nitrogens with one attached hydrogen (secondary N) is 1. The molecule has 0 bridgehead atoms. The molecule has 0 atom stereocenters. The highest BCUT2D eigenvalue weighted by atomic mass is 79.9. The molecule has 1 aromatic heterocycles. The number of amides is 1. The Kier molecular flexibility index (Phi) is 3.79. The van der Waals surface area contributed by atoms with Gasteiger partial charge in [-0.2, -0.15) is 8.78 Å². The van der Waals surface area contributed by atoms with Gasteiger partial charge in [-0.1, -0.05) is 11.6 Å². The molecule has 1 rings (SSSR count). The standard InChI is InChI=1S/C6H4BrClF2N2OS/c7-6(9,10)2-11-4(13)3-1-14-5(8)12-3/h1H,2H2,(H,11,13). The van der Waals surface area contributed by atoms with Crippen molar-refractivity contribution < 1.29 is 13.6 Å². The van der Waals surface area contributed by atoms with E-state index < -0.39 is 17.3 Å². The summed E-state index contributed by atoms with van der Waals surface area (Å²) < 4.78 is 24.7. The van der Waals surface area contributed by atoms with Crippen molar-refractivity contribution in [2.24, 2.45) is 0 Å². The molecule has 0 aliphatic heterocycles. The van der Waals surface area contributed by atoms with Crippen LogP contribution in [-0.2, 0) is 0 Å². The Morgan fingerprint density at radius 2 is 2.43 bits per heavy atom. The van der Waals surface area contributed by atoms with E-state index in [2.05, 4.69) is 20.9 Å². The number of carbonyl (C=O) groups is 1. The third kappa shape index (κ3) is 3.85. The number of hydrogen-bond acceptors (Lipinski definition) is 3. The third-order valence-corrected chi connectivity index (χ3v) is 2.42. The fraction of sp³-hybridized carbons (Fsp3) is 0.333. The van der Waals surface area contributed by atoms with Crippen LogP contribution in [-0.4, -0.2) is 22.3 Å². The molecule has 0 radical (unpaired) electrons. The molecule has 0 aliphatic rings. The second-order valence-corrected chi connectivity index (χ2v) is 4.88. The summed E-state index contributed by atoms with van der Waals surface area (Å²) >= 11 is 8.62. The van der Waals surface area contributed by atoms with Crippen molar-refractivity contribution in [3.8, 4) is 0 Å². The first-order chi connectivity index (χ1) is 6.38. The first-order valence-corrected chi connectivity index (χ1v) is 5.39. The summed E-state index contributed by atoms with van der Waals surface area (Å²) in [5.41, 5.74) is 0.0387. The van der Waals surface area contributed by atoms with Gasteiger partial charge in [0.2, 0.25) is 0 Å². The molecular weight excluding hydrogens is 301 g/mol. The van der Waals surface area contributed by atoms with Gasteiger partial charge >= 0.3 is 4.83 Å². The lowest BCUT2D eigenvalue weighted by Crippen LogP contribution is -2.32. The normalized spacial score (nSPS) is 11.4. The van der Waals surface area contributed by atoms with Crippen molar-refractivity contribution in [1.82, 2.24) is 10.3 Å². The number of nitrogens with zero attached hydrogens (tertiary/aromatic N) is 1. The van der Waals surface area contributed by atoms with E-state index in [0.717, 1.165) is 11.3 Å². The van der Waals surface area contributed by atoms with Crippen LogP contribution < -0.4 is 5.32 Å². The lowest BCUT2D eigenvalue weighted by Gasteiger charge is -2.08. The van der Waals surface area contributed by atoms with Crippen molar-refractivity contribution in [3.63, 3.8) is 0 Å². The predicted molar refractivity (Wildman–Crippen MR) is 53.3 cm³/mol. The SMILES string of the molecule is O=C(NCC(F)(F)Br)c1csc(Cl)n1. The van der Waals surface area contributed by atoms with E-state index in [1.165, 1.54) is 5.38 Å². The van der Waals surface area contributed by atoms with Gasteiger partial charge < -0.3 is 5.32 Å². The van der Waals surface area contributed by atoms with Crippen LogP contribution in [0.1, 0.15) is 10.5 Å². The highest BCUT2D eigenvalue weighted by molar-refractivity contribution is 9.10. The maximum atomic E-state index is 12.3. The molecule has 1 heterocycles. The number of aromatic nitrogens is 1. The minimum absolute atomic E-state index is 0.0387. The van der Waals surface area contributed by atoms with Gasteiger partial charge in [-0.05, 0) is 15.9 Å². The van der Waals surface area contributed by atoms with Gasteiger partial charge in [-0.3, -0.25) is 4.79 Å². The molecule has 0 saturated heterocycles. The molecule has 1 amide bonds. The van der Waals surface area contributed by atoms with E-state index in [1.54, 1.807) is 0 Å². The highest BCUT2D eigenvalue weighted by Crippen LogP contribution is 2.20. The van der Waals surface area contributed by atoms with E-state index in [1.807, 2.05) is 5.32 Å². The summed E-state index contributed by atoms with van der Waals surface area (Å²) in [4.78, 5) is 11.6. The Balaban J connectivity index is 2.52. The quantitative estimate of drug-likeness (QED) is 0.872. The van der Waals surface area contributed by atoms with Crippen molar-refractivity contribution >= 4 is 44.8 Å². The van der Waals surface area contributed by atoms with Crippen molar-refractivity contribution in [3.05, 3.63) is 15.5 Å². The average molecular weight is 306 g/mol. The Morgan fingerprint density at radius 1 is 1.79 bits per heavy atom. The number of rotatable bonds is 3. The molecule has 3 nitrogen and oxygen atoms in total. The minimum Gasteiger partial charge on any atom is -0.344 e. The molecule has 0 fully saturated rings. The zero-order chi connectivity index (χ0) is 10.8. The average Bonchev–Trinajstić information content (AvgIpc) is 2.46. The largest absolute Gasteiger partial charge is 0.344 e. The number of alkyl halides is 3. The lowest BCUT2D eigenvalue weighted by molar-refractivity contribution is 0.0832. The summed E-state index contributed by atoms with van der Waals surface area (Å²) in [6.45, 7) is -0.791. The zero-order valence-corrected chi connectivity index (χ0v) is 9.72. The molecule has 78 valence electrons. The number of carbonyl (C=O) groups excluding carboxylic acids is 1. The third-order valence-electron chi connectivity index (χ3n) is 1.16. The molecular formula is C6H4BrClF2N2OS. The van der Waals surface area contributed by atoms with Crippen LogP contribution in [0, 0.1) is 0 Å². The topological polar surface area (TPSA) is 42.0 Å². The van der Waals surface area contributed by atoms with E-state index >= 15 is 0 Å². The monoisotopic (exact) mass is 304 g/mol. The van der Waals surface area contributed by atoms with Crippen LogP contribution >= 0.6 is 38.9 Å². The molecule has 0 spiro atoms. The van der Waals surface area contributed by atoms with Gasteiger partial charge in [0, 0.05) is 5.38 Å². The summed E-state index contributed by atoms with van der Waals surface area (Å²) in [5, 5.41) is 3.39. The van der Waals surface area contributed by atoms with Crippen molar-refractivity contribution in [1.29, 1.82) is 0 Å². The maximum Gasteiger partial charge on any atom is 0.318 e. The Labute approximate surface area is 95.6 Å². The zero-order valence-electron chi connectivity index (χ0n) is 6.56. The fourth-order valence-electron chi connectivity index (χ4n) is 0.627. The van der Waals surface area contributed by atoms with Gasteiger partial charge in [-0.25, -0.2) is 4.98 Å². The molecule has 0 aromatic carbocycles. The van der Waals surface area contributed by atoms with Gasteiger partial charge in [-0.15, -0.1) is 11.3 Å². The summed E-state index contributed by atoms with van der Waals surface area (Å²) in [5.74, 6) is -0.674. The van der Waals surface area contributed by atoms with Crippen LogP contribution in [0.25, 0.3) is 0 Å². The molecule has 0 saturated carbocycles.